The molecule has 17 heavy (non-hydrogen) atoms. The molecule has 0 aromatic heterocycles. The molecule has 4 N–H and O–H groups in total. The SMILES string of the molecule is NC(=O)c1ccc(N2CCC(N)CC2)c(Cl)c1. The van der Waals surface area contributed by atoms with Crippen LogP contribution >= 0.6 is 11.6 Å². The summed E-state index contributed by atoms with van der Waals surface area (Å²) in [6, 6.07) is 5.46. The fourth-order valence-corrected chi connectivity index (χ4v) is 2.36. The fourth-order valence-electron chi connectivity index (χ4n) is 2.06. The van der Waals surface area contributed by atoms with Gasteiger partial charge in [-0.05, 0) is 31.0 Å². The van der Waals surface area contributed by atoms with E-state index in [1.807, 2.05) is 6.07 Å². The number of carbonyl (C=O) groups is 1. The molecule has 0 aliphatic carbocycles. The summed E-state index contributed by atoms with van der Waals surface area (Å²) in [7, 11) is 0. The summed E-state index contributed by atoms with van der Waals surface area (Å²) in [6.07, 6.45) is 1.93. The summed E-state index contributed by atoms with van der Waals surface area (Å²) < 4.78 is 0. The Hall–Kier alpha value is -1.26. The van der Waals surface area contributed by atoms with Crippen molar-refractivity contribution in [3.8, 4) is 0 Å². The van der Waals surface area contributed by atoms with Crippen LogP contribution in [0.15, 0.2) is 18.2 Å². The molecule has 92 valence electrons. The predicted molar refractivity (Wildman–Crippen MR) is 69.4 cm³/mol. The number of rotatable bonds is 2. The van der Waals surface area contributed by atoms with E-state index in [9.17, 15) is 4.79 Å². The number of benzene rings is 1. The number of piperidine rings is 1. The minimum atomic E-state index is -0.459. The molecule has 0 spiro atoms. The molecule has 4 nitrogen and oxygen atoms in total. The molecule has 0 radical (unpaired) electrons. The lowest BCUT2D eigenvalue weighted by Crippen LogP contribution is -2.39. The lowest BCUT2D eigenvalue weighted by molar-refractivity contribution is 0.100. The van der Waals surface area contributed by atoms with E-state index in [2.05, 4.69) is 4.90 Å². The average Bonchev–Trinajstić information content (AvgIpc) is 2.30. The van der Waals surface area contributed by atoms with Crippen LogP contribution in [0, 0.1) is 0 Å². The second kappa shape index (κ2) is 4.94. The minimum Gasteiger partial charge on any atom is -0.370 e. The van der Waals surface area contributed by atoms with Crippen molar-refractivity contribution in [2.45, 2.75) is 18.9 Å². The molecule has 0 atom stereocenters. The van der Waals surface area contributed by atoms with Crippen LogP contribution in [-0.2, 0) is 0 Å². The van der Waals surface area contributed by atoms with Gasteiger partial charge in [-0.25, -0.2) is 0 Å². The van der Waals surface area contributed by atoms with Gasteiger partial charge in [0, 0.05) is 24.7 Å². The van der Waals surface area contributed by atoms with Crippen LogP contribution in [0.5, 0.6) is 0 Å². The Kier molecular flexibility index (Phi) is 3.54. The highest BCUT2D eigenvalue weighted by Crippen LogP contribution is 2.28. The highest BCUT2D eigenvalue weighted by molar-refractivity contribution is 6.33. The Balaban J connectivity index is 2.19. The summed E-state index contributed by atoms with van der Waals surface area (Å²) in [5.41, 5.74) is 12.4. The second-order valence-electron chi connectivity index (χ2n) is 4.35. The van der Waals surface area contributed by atoms with E-state index in [0.717, 1.165) is 31.6 Å². The minimum absolute atomic E-state index is 0.287. The standard InChI is InChI=1S/C12H16ClN3O/c13-10-7-8(12(15)17)1-2-11(10)16-5-3-9(14)4-6-16/h1-2,7,9H,3-6,14H2,(H2,15,17). The molecule has 0 saturated carbocycles. The highest BCUT2D eigenvalue weighted by atomic mass is 35.5. The van der Waals surface area contributed by atoms with Gasteiger partial charge in [-0.1, -0.05) is 11.6 Å². The van der Waals surface area contributed by atoms with Crippen molar-refractivity contribution in [1.29, 1.82) is 0 Å². The maximum absolute atomic E-state index is 11.0. The molecular weight excluding hydrogens is 238 g/mol. The molecule has 5 heteroatoms. The maximum Gasteiger partial charge on any atom is 0.248 e. The molecule has 1 heterocycles. The monoisotopic (exact) mass is 253 g/mol. The molecular formula is C12H16ClN3O. The van der Waals surface area contributed by atoms with Crippen LogP contribution in [-0.4, -0.2) is 25.0 Å². The molecule has 1 saturated heterocycles. The van der Waals surface area contributed by atoms with Crippen LogP contribution < -0.4 is 16.4 Å². The Morgan fingerprint density at radius 3 is 2.53 bits per heavy atom. The predicted octanol–water partition coefficient (Wildman–Crippen LogP) is 1.37. The topological polar surface area (TPSA) is 72.4 Å². The van der Waals surface area contributed by atoms with Gasteiger partial charge in [0.15, 0.2) is 0 Å². The van der Waals surface area contributed by atoms with E-state index in [1.54, 1.807) is 12.1 Å². The zero-order chi connectivity index (χ0) is 12.4. The summed E-state index contributed by atoms with van der Waals surface area (Å²) in [4.78, 5) is 13.2. The van der Waals surface area contributed by atoms with Gasteiger partial charge in [-0.3, -0.25) is 4.79 Å². The van der Waals surface area contributed by atoms with E-state index in [-0.39, 0.29) is 6.04 Å². The normalized spacial score (nSPS) is 17.2. The molecule has 0 bridgehead atoms. The van der Waals surface area contributed by atoms with Gasteiger partial charge in [-0.2, -0.15) is 0 Å². The lowest BCUT2D eigenvalue weighted by Gasteiger charge is -2.32. The van der Waals surface area contributed by atoms with Crippen LogP contribution in [0.1, 0.15) is 23.2 Å². The van der Waals surface area contributed by atoms with Crippen molar-refractivity contribution in [3.63, 3.8) is 0 Å². The largest absolute Gasteiger partial charge is 0.370 e. The quantitative estimate of drug-likeness (QED) is 0.836. The van der Waals surface area contributed by atoms with Crippen molar-refractivity contribution in [1.82, 2.24) is 0 Å². The number of amides is 1. The van der Waals surface area contributed by atoms with Gasteiger partial charge >= 0.3 is 0 Å². The molecule has 2 rings (SSSR count). The Bertz CT molecular complexity index is 428. The van der Waals surface area contributed by atoms with Crippen molar-refractivity contribution in [3.05, 3.63) is 28.8 Å². The van der Waals surface area contributed by atoms with Gasteiger partial charge in [0.05, 0.1) is 10.7 Å². The van der Waals surface area contributed by atoms with E-state index in [0.29, 0.717) is 10.6 Å². The van der Waals surface area contributed by atoms with Gasteiger partial charge in [0.1, 0.15) is 0 Å². The van der Waals surface area contributed by atoms with Gasteiger partial charge < -0.3 is 16.4 Å². The molecule has 1 amide bonds. The number of anilines is 1. The first-order valence-electron chi connectivity index (χ1n) is 5.68. The van der Waals surface area contributed by atoms with Gasteiger partial charge in [0.2, 0.25) is 5.91 Å². The van der Waals surface area contributed by atoms with Crippen LogP contribution in [0.3, 0.4) is 0 Å². The zero-order valence-corrected chi connectivity index (χ0v) is 10.3. The summed E-state index contributed by atoms with van der Waals surface area (Å²) in [5, 5.41) is 0.566. The number of primary amides is 1. The Labute approximate surface area is 106 Å². The van der Waals surface area contributed by atoms with Gasteiger partial charge in [0.25, 0.3) is 0 Å². The number of carbonyl (C=O) groups excluding carboxylic acids is 1. The van der Waals surface area contributed by atoms with Crippen LogP contribution in [0.4, 0.5) is 5.69 Å². The first-order valence-corrected chi connectivity index (χ1v) is 6.05. The Morgan fingerprint density at radius 1 is 1.35 bits per heavy atom. The summed E-state index contributed by atoms with van der Waals surface area (Å²) in [6.45, 7) is 1.80. The third kappa shape index (κ3) is 2.70. The smallest absolute Gasteiger partial charge is 0.248 e. The third-order valence-corrected chi connectivity index (χ3v) is 3.42. The van der Waals surface area contributed by atoms with Crippen molar-refractivity contribution in [2.24, 2.45) is 11.5 Å². The number of halogens is 1. The summed E-state index contributed by atoms with van der Waals surface area (Å²) >= 11 is 6.16. The second-order valence-corrected chi connectivity index (χ2v) is 4.76. The van der Waals surface area contributed by atoms with Crippen molar-refractivity contribution < 1.29 is 4.79 Å². The lowest BCUT2D eigenvalue weighted by atomic mass is 10.0. The third-order valence-electron chi connectivity index (χ3n) is 3.11. The first kappa shape index (κ1) is 12.2. The Morgan fingerprint density at radius 2 is 2.00 bits per heavy atom. The highest BCUT2D eigenvalue weighted by Gasteiger charge is 2.18. The van der Waals surface area contributed by atoms with E-state index >= 15 is 0 Å². The zero-order valence-electron chi connectivity index (χ0n) is 9.53. The molecule has 1 aliphatic rings. The van der Waals surface area contributed by atoms with Crippen LogP contribution in [0.2, 0.25) is 5.02 Å². The van der Waals surface area contributed by atoms with E-state index in [4.69, 9.17) is 23.1 Å². The van der Waals surface area contributed by atoms with Gasteiger partial charge in [-0.15, -0.1) is 0 Å². The number of hydrogen-bond donors (Lipinski definition) is 2. The van der Waals surface area contributed by atoms with E-state index < -0.39 is 5.91 Å². The number of hydrogen-bond acceptors (Lipinski definition) is 3. The van der Waals surface area contributed by atoms with Crippen LogP contribution in [0.25, 0.3) is 0 Å². The number of nitrogens with two attached hydrogens (primary N) is 2. The summed E-state index contributed by atoms with van der Waals surface area (Å²) in [5.74, 6) is -0.459. The van der Waals surface area contributed by atoms with Crippen molar-refractivity contribution in [2.75, 3.05) is 18.0 Å². The maximum atomic E-state index is 11.0. The molecule has 1 fully saturated rings. The van der Waals surface area contributed by atoms with Crippen molar-refractivity contribution >= 4 is 23.2 Å². The molecule has 0 unspecified atom stereocenters. The first-order chi connectivity index (χ1) is 8.08. The average molecular weight is 254 g/mol. The fraction of sp³-hybridized carbons (Fsp3) is 0.417. The molecule has 1 aromatic carbocycles. The van der Waals surface area contributed by atoms with E-state index in [1.165, 1.54) is 0 Å². The molecule has 1 aliphatic heterocycles. The number of nitrogens with zero attached hydrogens (tertiary/aromatic N) is 1. The molecule has 1 aromatic rings.